The van der Waals surface area contributed by atoms with E-state index in [-0.39, 0.29) is 11.6 Å². The number of methoxy groups -OCH3 is 1. The van der Waals surface area contributed by atoms with Crippen LogP contribution in [0.25, 0.3) is 0 Å². The van der Waals surface area contributed by atoms with E-state index in [0.717, 1.165) is 12.8 Å². The lowest BCUT2D eigenvalue weighted by Crippen LogP contribution is -2.50. The first-order valence-corrected chi connectivity index (χ1v) is 7.78. The summed E-state index contributed by atoms with van der Waals surface area (Å²) in [6.45, 7) is 0. The molecule has 0 heterocycles. The molecule has 2 N–H and O–H groups in total. The Morgan fingerprint density at radius 1 is 1.06 bits per heavy atom. The molecule has 2 aliphatic rings. The number of nitrogens with two attached hydrogens (primary N) is 1. The zero-order chi connectivity index (χ0) is 12.8. The number of allylic oxidation sites excluding steroid dienone is 1. The highest BCUT2D eigenvalue weighted by Crippen LogP contribution is 2.36. The van der Waals surface area contributed by atoms with E-state index in [2.05, 4.69) is 6.08 Å². The predicted octanol–water partition coefficient (Wildman–Crippen LogP) is 3.94. The molecule has 2 heteroatoms. The number of rotatable bonds is 3. The first-order valence-electron chi connectivity index (χ1n) is 7.78. The molecule has 0 aromatic heterocycles. The van der Waals surface area contributed by atoms with E-state index in [1.165, 1.54) is 63.4 Å². The second-order valence-electron chi connectivity index (χ2n) is 6.04. The minimum atomic E-state index is -0.0767. The average Bonchev–Trinajstić information content (AvgIpc) is 2.81. The molecule has 1 fully saturated rings. The highest BCUT2D eigenvalue weighted by Gasteiger charge is 2.38. The molecule has 0 radical (unpaired) electrons. The minimum absolute atomic E-state index is 0.0767. The smallest absolute Gasteiger partial charge is 0.0867 e. The quantitative estimate of drug-likeness (QED) is 0.609. The Kier molecular flexibility index (Phi) is 5.25. The van der Waals surface area contributed by atoms with Crippen molar-refractivity contribution >= 4 is 0 Å². The Bertz CT molecular complexity index is 277. The molecule has 2 aliphatic carbocycles. The van der Waals surface area contributed by atoms with Crippen LogP contribution in [0, 0.1) is 0 Å². The lowest BCUT2D eigenvalue weighted by Gasteiger charge is -2.38. The number of ether oxygens (including phenoxy) is 1. The standard InChI is InChI=1S/C16H29NO/c1-18-16(12-8-4-5-9-13-16)15(17)14-10-6-2-3-7-11-14/h10,15H,2-9,11-13,17H2,1H3. The third-order valence-corrected chi connectivity index (χ3v) is 4.90. The summed E-state index contributed by atoms with van der Waals surface area (Å²) in [5, 5.41) is 0. The second kappa shape index (κ2) is 6.72. The monoisotopic (exact) mass is 251 g/mol. The van der Waals surface area contributed by atoms with Gasteiger partial charge in [-0.1, -0.05) is 43.8 Å². The van der Waals surface area contributed by atoms with Crippen LogP contribution in [0.2, 0.25) is 0 Å². The Labute approximate surface area is 112 Å². The first-order chi connectivity index (χ1) is 8.78. The maximum Gasteiger partial charge on any atom is 0.0867 e. The second-order valence-corrected chi connectivity index (χ2v) is 6.04. The van der Waals surface area contributed by atoms with Gasteiger partial charge in [-0.2, -0.15) is 0 Å². The van der Waals surface area contributed by atoms with Gasteiger partial charge in [0.1, 0.15) is 0 Å². The van der Waals surface area contributed by atoms with Crippen LogP contribution in [0.15, 0.2) is 11.6 Å². The van der Waals surface area contributed by atoms with Crippen molar-refractivity contribution in [1.29, 1.82) is 0 Å². The van der Waals surface area contributed by atoms with Gasteiger partial charge >= 0.3 is 0 Å². The summed E-state index contributed by atoms with van der Waals surface area (Å²) in [6, 6.07) is 0.124. The molecule has 0 amide bonds. The molecule has 0 aliphatic heterocycles. The highest BCUT2D eigenvalue weighted by molar-refractivity contribution is 5.18. The van der Waals surface area contributed by atoms with Crippen LogP contribution in [0.4, 0.5) is 0 Å². The summed E-state index contributed by atoms with van der Waals surface area (Å²) in [5.41, 5.74) is 8.01. The number of hydrogen-bond acceptors (Lipinski definition) is 2. The van der Waals surface area contributed by atoms with E-state index in [9.17, 15) is 0 Å². The topological polar surface area (TPSA) is 35.2 Å². The average molecular weight is 251 g/mol. The highest BCUT2D eigenvalue weighted by atomic mass is 16.5. The summed E-state index contributed by atoms with van der Waals surface area (Å²) >= 11 is 0. The zero-order valence-electron chi connectivity index (χ0n) is 11.9. The fourth-order valence-corrected chi connectivity index (χ4v) is 3.63. The maximum atomic E-state index is 6.61. The molecule has 0 aromatic rings. The maximum absolute atomic E-state index is 6.61. The van der Waals surface area contributed by atoms with Gasteiger partial charge in [0.05, 0.1) is 11.6 Å². The van der Waals surface area contributed by atoms with Gasteiger partial charge < -0.3 is 10.5 Å². The van der Waals surface area contributed by atoms with E-state index >= 15 is 0 Å². The molecular formula is C16H29NO. The lowest BCUT2D eigenvalue weighted by atomic mass is 9.81. The Balaban J connectivity index is 2.11. The van der Waals surface area contributed by atoms with Crippen molar-refractivity contribution < 1.29 is 4.74 Å². The summed E-state index contributed by atoms with van der Waals surface area (Å²) in [5.74, 6) is 0. The van der Waals surface area contributed by atoms with Gasteiger partial charge in [0.15, 0.2) is 0 Å². The van der Waals surface area contributed by atoms with Crippen LogP contribution < -0.4 is 5.73 Å². The lowest BCUT2D eigenvalue weighted by molar-refractivity contribution is -0.0354. The molecule has 2 rings (SSSR count). The van der Waals surface area contributed by atoms with Gasteiger partial charge in [0.25, 0.3) is 0 Å². The van der Waals surface area contributed by atoms with E-state index in [1.807, 2.05) is 7.11 Å². The number of hydrogen-bond donors (Lipinski definition) is 1. The van der Waals surface area contributed by atoms with E-state index in [1.54, 1.807) is 0 Å². The van der Waals surface area contributed by atoms with Crippen LogP contribution in [-0.2, 0) is 4.74 Å². The molecule has 0 saturated heterocycles. The molecule has 1 unspecified atom stereocenters. The molecular weight excluding hydrogens is 222 g/mol. The summed E-state index contributed by atoms with van der Waals surface area (Å²) in [4.78, 5) is 0. The van der Waals surface area contributed by atoms with Crippen molar-refractivity contribution in [2.75, 3.05) is 7.11 Å². The molecule has 0 bridgehead atoms. The van der Waals surface area contributed by atoms with Crippen LogP contribution in [0.3, 0.4) is 0 Å². The van der Waals surface area contributed by atoms with E-state index in [4.69, 9.17) is 10.5 Å². The Morgan fingerprint density at radius 3 is 2.39 bits per heavy atom. The molecule has 1 saturated carbocycles. The van der Waals surface area contributed by atoms with Crippen LogP contribution in [0.1, 0.15) is 70.6 Å². The molecule has 0 aromatic carbocycles. The molecule has 0 spiro atoms. The molecule has 18 heavy (non-hydrogen) atoms. The van der Waals surface area contributed by atoms with Crippen LogP contribution in [0.5, 0.6) is 0 Å². The minimum Gasteiger partial charge on any atom is -0.376 e. The van der Waals surface area contributed by atoms with Gasteiger partial charge in [-0.15, -0.1) is 0 Å². The molecule has 1 atom stereocenters. The molecule has 104 valence electrons. The van der Waals surface area contributed by atoms with Crippen LogP contribution in [-0.4, -0.2) is 18.8 Å². The van der Waals surface area contributed by atoms with Gasteiger partial charge in [-0.3, -0.25) is 0 Å². The van der Waals surface area contributed by atoms with E-state index in [0.29, 0.717) is 0 Å². The zero-order valence-corrected chi connectivity index (χ0v) is 11.9. The fourth-order valence-electron chi connectivity index (χ4n) is 3.63. The largest absolute Gasteiger partial charge is 0.376 e. The third kappa shape index (κ3) is 3.16. The van der Waals surface area contributed by atoms with Crippen molar-refractivity contribution in [1.82, 2.24) is 0 Å². The third-order valence-electron chi connectivity index (χ3n) is 4.90. The summed E-state index contributed by atoms with van der Waals surface area (Å²) in [7, 11) is 1.86. The van der Waals surface area contributed by atoms with Gasteiger partial charge in [0.2, 0.25) is 0 Å². The summed E-state index contributed by atoms with van der Waals surface area (Å²) < 4.78 is 5.95. The van der Waals surface area contributed by atoms with Crippen LogP contribution >= 0.6 is 0 Å². The van der Waals surface area contributed by atoms with Gasteiger partial charge in [-0.05, 0) is 38.5 Å². The Hall–Kier alpha value is -0.340. The summed E-state index contributed by atoms with van der Waals surface area (Å²) in [6.07, 6.45) is 16.3. The van der Waals surface area contributed by atoms with Crippen molar-refractivity contribution in [3.63, 3.8) is 0 Å². The van der Waals surface area contributed by atoms with Crippen molar-refractivity contribution in [3.05, 3.63) is 11.6 Å². The first kappa shape index (κ1) is 14.1. The Morgan fingerprint density at radius 2 is 1.72 bits per heavy atom. The van der Waals surface area contributed by atoms with Gasteiger partial charge in [-0.25, -0.2) is 0 Å². The van der Waals surface area contributed by atoms with Gasteiger partial charge in [0, 0.05) is 7.11 Å². The van der Waals surface area contributed by atoms with Crippen molar-refractivity contribution in [2.24, 2.45) is 5.73 Å². The normalized spacial score (nSPS) is 26.9. The van der Waals surface area contributed by atoms with Crippen molar-refractivity contribution in [2.45, 2.75) is 82.3 Å². The predicted molar refractivity (Wildman–Crippen MR) is 76.6 cm³/mol. The SMILES string of the molecule is COC1(C(N)C2=CCCCCC2)CCCCCC1. The fraction of sp³-hybridized carbons (Fsp3) is 0.875. The van der Waals surface area contributed by atoms with Crippen molar-refractivity contribution in [3.8, 4) is 0 Å². The molecule has 2 nitrogen and oxygen atoms in total. The van der Waals surface area contributed by atoms with E-state index < -0.39 is 0 Å².